The molecule has 0 saturated carbocycles. The van der Waals surface area contributed by atoms with Crippen molar-refractivity contribution in [3.63, 3.8) is 0 Å². The lowest BCUT2D eigenvalue weighted by Gasteiger charge is -2.26. The molecule has 4 atom stereocenters. The topological polar surface area (TPSA) is 117 Å². The summed E-state index contributed by atoms with van der Waals surface area (Å²) in [4.78, 5) is 39.6. The molecule has 164 valence electrons. The maximum atomic E-state index is 12.9. The van der Waals surface area contributed by atoms with E-state index in [9.17, 15) is 19.5 Å². The average molecular weight is 419 g/mol. The third-order valence-corrected chi connectivity index (χ3v) is 5.62. The van der Waals surface area contributed by atoms with Crippen LogP contribution in [0, 0.1) is 11.8 Å². The van der Waals surface area contributed by atoms with Gasteiger partial charge in [0.1, 0.15) is 6.04 Å². The van der Waals surface area contributed by atoms with Crippen molar-refractivity contribution in [2.75, 3.05) is 24.8 Å². The summed E-state index contributed by atoms with van der Waals surface area (Å²) in [5.74, 6) is -0.286. The summed E-state index contributed by atoms with van der Waals surface area (Å²) in [6.45, 7) is 5.69. The van der Waals surface area contributed by atoms with Gasteiger partial charge in [0.05, 0.1) is 12.5 Å². The standard InChI is InChI=1S/C21H29N3O6/c1-4-12(2)19(21(28)22-13(3)10-25)23-20(27)14-7-18(26)24(9-14)15-5-6-16-17(8-15)30-11-29-16/h5-6,8,12-14,19,25H,4,7,9-11H2,1-3H3,(H,22,28)(H,23,27). The van der Waals surface area contributed by atoms with Crippen molar-refractivity contribution in [2.45, 2.75) is 45.7 Å². The molecule has 3 rings (SSSR count). The zero-order chi connectivity index (χ0) is 21.8. The molecule has 0 radical (unpaired) electrons. The summed E-state index contributed by atoms with van der Waals surface area (Å²) in [6.07, 6.45) is 0.765. The Hall–Kier alpha value is -2.81. The number of amides is 3. The molecule has 2 aliphatic heterocycles. The molecule has 0 spiro atoms. The molecule has 0 bridgehead atoms. The van der Waals surface area contributed by atoms with Crippen molar-refractivity contribution < 1.29 is 29.0 Å². The molecule has 0 aliphatic carbocycles. The normalized spacial score (nSPS) is 20.6. The van der Waals surface area contributed by atoms with Crippen LogP contribution in [-0.2, 0) is 14.4 Å². The SMILES string of the molecule is CCC(C)C(NC(=O)C1CC(=O)N(c2ccc3c(c2)OCO3)C1)C(=O)NC(C)CO. The van der Waals surface area contributed by atoms with Gasteiger partial charge in [0.25, 0.3) is 0 Å². The summed E-state index contributed by atoms with van der Waals surface area (Å²) in [7, 11) is 0. The number of anilines is 1. The molecule has 1 aromatic rings. The van der Waals surface area contributed by atoms with E-state index in [1.165, 1.54) is 0 Å². The molecule has 2 aliphatic rings. The molecule has 1 saturated heterocycles. The first-order valence-corrected chi connectivity index (χ1v) is 10.3. The van der Waals surface area contributed by atoms with Gasteiger partial charge in [-0.15, -0.1) is 0 Å². The lowest BCUT2D eigenvalue weighted by molar-refractivity contribution is -0.132. The third kappa shape index (κ3) is 4.67. The van der Waals surface area contributed by atoms with E-state index in [0.29, 0.717) is 23.6 Å². The second-order valence-corrected chi connectivity index (χ2v) is 7.91. The molecule has 4 unspecified atom stereocenters. The van der Waals surface area contributed by atoms with Gasteiger partial charge in [-0.3, -0.25) is 14.4 Å². The molecule has 9 nitrogen and oxygen atoms in total. The van der Waals surface area contributed by atoms with E-state index in [4.69, 9.17) is 9.47 Å². The first-order valence-electron chi connectivity index (χ1n) is 10.3. The molecule has 9 heteroatoms. The van der Waals surface area contributed by atoms with E-state index in [1.807, 2.05) is 13.8 Å². The Morgan fingerprint density at radius 1 is 1.23 bits per heavy atom. The number of carbonyl (C=O) groups excluding carboxylic acids is 3. The summed E-state index contributed by atoms with van der Waals surface area (Å²) in [5.41, 5.74) is 0.646. The zero-order valence-corrected chi connectivity index (χ0v) is 17.5. The lowest BCUT2D eigenvalue weighted by Crippen LogP contribution is -2.54. The van der Waals surface area contributed by atoms with Crippen LogP contribution in [0.1, 0.15) is 33.6 Å². The molecule has 1 fully saturated rings. The van der Waals surface area contributed by atoms with Crippen molar-refractivity contribution in [1.82, 2.24) is 10.6 Å². The molecule has 2 heterocycles. The zero-order valence-electron chi connectivity index (χ0n) is 17.5. The van der Waals surface area contributed by atoms with Crippen molar-refractivity contribution in [2.24, 2.45) is 11.8 Å². The highest BCUT2D eigenvalue weighted by Crippen LogP contribution is 2.37. The monoisotopic (exact) mass is 419 g/mol. The van der Waals surface area contributed by atoms with Gasteiger partial charge in [-0.2, -0.15) is 0 Å². The number of aliphatic hydroxyl groups is 1. The fourth-order valence-corrected chi connectivity index (χ4v) is 3.54. The molecular weight excluding hydrogens is 390 g/mol. The second kappa shape index (κ2) is 9.34. The van der Waals surface area contributed by atoms with E-state index in [2.05, 4.69) is 10.6 Å². The van der Waals surface area contributed by atoms with Crippen LogP contribution in [0.15, 0.2) is 18.2 Å². The second-order valence-electron chi connectivity index (χ2n) is 7.91. The van der Waals surface area contributed by atoms with Gasteiger partial charge in [-0.05, 0) is 25.0 Å². The highest BCUT2D eigenvalue weighted by molar-refractivity contribution is 6.01. The first kappa shape index (κ1) is 21.9. The predicted octanol–water partition coefficient (Wildman–Crippen LogP) is 0.796. The number of hydrogen-bond donors (Lipinski definition) is 3. The fourth-order valence-electron chi connectivity index (χ4n) is 3.54. The van der Waals surface area contributed by atoms with Gasteiger partial charge in [-0.25, -0.2) is 0 Å². The summed E-state index contributed by atoms with van der Waals surface area (Å²) in [6, 6.07) is 4.09. The van der Waals surface area contributed by atoms with Crippen LogP contribution in [0.4, 0.5) is 5.69 Å². The Kier molecular flexibility index (Phi) is 6.81. The molecule has 30 heavy (non-hydrogen) atoms. The Bertz CT molecular complexity index is 814. The van der Waals surface area contributed by atoms with Crippen molar-refractivity contribution in [1.29, 1.82) is 0 Å². The highest BCUT2D eigenvalue weighted by atomic mass is 16.7. The van der Waals surface area contributed by atoms with Crippen LogP contribution in [0.5, 0.6) is 11.5 Å². The maximum absolute atomic E-state index is 12.9. The van der Waals surface area contributed by atoms with Crippen LogP contribution in [0.2, 0.25) is 0 Å². The number of fused-ring (bicyclic) bond motifs is 1. The number of carbonyl (C=O) groups is 3. The quantitative estimate of drug-likeness (QED) is 0.574. The first-order chi connectivity index (χ1) is 14.3. The smallest absolute Gasteiger partial charge is 0.243 e. The summed E-state index contributed by atoms with van der Waals surface area (Å²) < 4.78 is 10.7. The van der Waals surface area contributed by atoms with Crippen molar-refractivity contribution in [3.05, 3.63) is 18.2 Å². The maximum Gasteiger partial charge on any atom is 0.243 e. The molecule has 0 aromatic heterocycles. The number of hydrogen-bond acceptors (Lipinski definition) is 6. The highest BCUT2D eigenvalue weighted by Gasteiger charge is 2.38. The largest absolute Gasteiger partial charge is 0.454 e. The minimum absolute atomic E-state index is 0.0716. The summed E-state index contributed by atoms with van der Waals surface area (Å²) in [5, 5.41) is 14.7. The van der Waals surface area contributed by atoms with Gasteiger partial charge in [0.2, 0.25) is 24.5 Å². The number of nitrogens with zero attached hydrogens (tertiary/aromatic N) is 1. The van der Waals surface area contributed by atoms with Crippen LogP contribution < -0.4 is 25.0 Å². The van der Waals surface area contributed by atoms with Crippen LogP contribution in [-0.4, -0.2) is 54.9 Å². The van der Waals surface area contributed by atoms with Gasteiger partial charge in [-0.1, -0.05) is 20.3 Å². The van der Waals surface area contributed by atoms with E-state index < -0.39 is 18.0 Å². The third-order valence-electron chi connectivity index (χ3n) is 5.62. The summed E-state index contributed by atoms with van der Waals surface area (Å²) >= 11 is 0. The minimum atomic E-state index is -0.730. The Labute approximate surface area is 175 Å². The molecule has 3 amide bonds. The Morgan fingerprint density at radius 3 is 2.67 bits per heavy atom. The van der Waals surface area contributed by atoms with Crippen molar-refractivity contribution in [3.8, 4) is 11.5 Å². The fraction of sp³-hybridized carbons (Fsp3) is 0.571. The number of nitrogens with one attached hydrogen (secondary N) is 2. The number of aliphatic hydroxyl groups excluding tert-OH is 1. The van der Waals surface area contributed by atoms with Gasteiger partial charge in [0.15, 0.2) is 11.5 Å². The Morgan fingerprint density at radius 2 is 1.97 bits per heavy atom. The van der Waals surface area contributed by atoms with Crippen LogP contribution in [0.25, 0.3) is 0 Å². The molecular formula is C21H29N3O6. The van der Waals surface area contributed by atoms with Gasteiger partial charge < -0.3 is 30.1 Å². The predicted molar refractivity (Wildman–Crippen MR) is 109 cm³/mol. The van der Waals surface area contributed by atoms with E-state index >= 15 is 0 Å². The minimum Gasteiger partial charge on any atom is -0.454 e. The number of ether oxygens (including phenoxy) is 2. The van der Waals surface area contributed by atoms with Gasteiger partial charge in [0, 0.05) is 30.8 Å². The number of rotatable bonds is 8. The van der Waals surface area contributed by atoms with Gasteiger partial charge >= 0.3 is 0 Å². The number of benzene rings is 1. The van der Waals surface area contributed by atoms with E-state index in [0.717, 1.165) is 0 Å². The van der Waals surface area contributed by atoms with E-state index in [-0.39, 0.29) is 50.0 Å². The average Bonchev–Trinajstić information content (AvgIpc) is 3.36. The van der Waals surface area contributed by atoms with Crippen LogP contribution >= 0.6 is 0 Å². The lowest BCUT2D eigenvalue weighted by atomic mass is 9.96. The molecule has 3 N–H and O–H groups in total. The Balaban J connectivity index is 1.67. The van der Waals surface area contributed by atoms with E-state index in [1.54, 1.807) is 30.0 Å². The van der Waals surface area contributed by atoms with Crippen LogP contribution in [0.3, 0.4) is 0 Å². The van der Waals surface area contributed by atoms with Crippen molar-refractivity contribution >= 4 is 23.4 Å². The molecule has 1 aromatic carbocycles.